The Balaban J connectivity index is 1.81. The summed E-state index contributed by atoms with van der Waals surface area (Å²) >= 11 is 1.24. The van der Waals surface area contributed by atoms with Crippen molar-refractivity contribution in [3.63, 3.8) is 0 Å². The molecule has 0 saturated carbocycles. The first-order valence-electron chi connectivity index (χ1n) is 8.18. The highest BCUT2D eigenvalue weighted by molar-refractivity contribution is 7.99. The second-order valence-corrected chi connectivity index (χ2v) is 6.76. The van der Waals surface area contributed by atoms with Crippen LogP contribution in [-0.2, 0) is 11.3 Å². The minimum atomic E-state index is -0.145. The summed E-state index contributed by atoms with van der Waals surface area (Å²) in [6, 6.07) is 14.8. The van der Waals surface area contributed by atoms with Gasteiger partial charge in [-0.3, -0.25) is 14.2 Å². The molecule has 0 radical (unpaired) electrons. The van der Waals surface area contributed by atoms with E-state index in [1.807, 2.05) is 43.3 Å². The SMILES string of the molecule is C=CCn1c(SCC(=O)Nc2cccc(C)c2)nc2ccccc2c1=O. The van der Waals surface area contributed by atoms with E-state index in [1.165, 1.54) is 11.8 Å². The third-order valence-corrected chi connectivity index (χ3v) is 4.75. The Labute approximate surface area is 155 Å². The lowest BCUT2D eigenvalue weighted by Gasteiger charge is -2.11. The van der Waals surface area contributed by atoms with Crippen molar-refractivity contribution in [2.75, 3.05) is 11.1 Å². The zero-order valence-corrected chi connectivity index (χ0v) is 15.3. The minimum Gasteiger partial charge on any atom is -0.325 e. The molecule has 0 unspecified atom stereocenters. The maximum absolute atomic E-state index is 12.7. The first-order chi connectivity index (χ1) is 12.6. The largest absolute Gasteiger partial charge is 0.325 e. The molecule has 5 nitrogen and oxygen atoms in total. The lowest BCUT2D eigenvalue weighted by Crippen LogP contribution is -2.23. The van der Waals surface area contributed by atoms with E-state index in [4.69, 9.17) is 0 Å². The molecule has 3 rings (SSSR count). The van der Waals surface area contributed by atoms with Gasteiger partial charge in [-0.25, -0.2) is 4.98 Å². The molecule has 2 aromatic carbocycles. The second-order valence-electron chi connectivity index (χ2n) is 5.82. The number of anilines is 1. The lowest BCUT2D eigenvalue weighted by atomic mass is 10.2. The molecule has 0 aliphatic heterocycles. The highest BCUT2D eigenvalue weighted by atomic mass is 32.2. The summed E-state index contributed by atoms with van der Waals surface area (Å²) in [4.78, 5) is 29.5. The van der Waals surface area contributed by atoms with Gasteiger partial charge in [-0.05, 0) is 36.8 Å². The average molecular weight is 365 g/mol. The van der Waals surface area contributed by atoms with E-state index in [-0.39, 0.29) is 17.2 Å². The highest BCUT2D eigenvalue weighted by Crippen LogP contribution is 2.18. The first-order valence-corrected chi connectivity index (χ1v) is 9.17. The van der Waals surface area contributed by atoms with Crippen LogP contribution >= 0.6 is 11.8 Å². The number of carbonyl (C=O) groups excluding carboxylic acids is 1. The fourth-order valence-electron chi connectivity index (χ4n) is 2.60. The van der Waals surface area contributed by atoms with Gasteiger partial charge in [0.25, 0.3) is 5.56 Å². The van der Waals surface area contributed by atoms with Crippen molar-refractivity contribution in [1.29, 1.82) is 0 Å². The number of hydrogen-bond acceptors (Lipinski definition) is 4. The fourth-order valence-corrected chi connectivity index (χ4v) is 3.41. The number of benzene rings is 2. The standard InChI is InChI=1S/C20H19N3O2S/c1-3-11-23-19(25)16-9-4-5-10-17(16)22-20(23)26-13-18(24)21-15-8-6-7-14(2)12-15/h3-10,12H,1,11,13H2,2H3,(H,21,24). The maximum atomic E-state index is 12.7. The van der Waals surface area contributed by atoms with Gasteiger partial charge >= 0.3 is 0 Å². The number of para-hydroxylation sites is 1. The number of allylic oxidation sites excluding steroid dienone is 1. The van der Waals surface area contributed by atoms with Crippen LogP contribution in [0.25, 0.3) is 10.9 Å². The van der Waals surface area contributed by atoms with E-state index in [2.05, 4.69) is 16.9 Å². The zero-order valence-electron chi connectivity index (χ0n) is 14.4. The van der Waals surface area contributed by atoms with Gasteiger partial charge in [0.05, 0.1) is 16.7 Å². The van der Waals surface area contributed by atoms with Crippen molar-refractivity contribution in [3.05, 3.63) is 77.1 Å². The molecule has 0 spiro atoms. The van der Waals surface area contributed by atoms with Crippen LogP contribution in [0.2, 0.25) is 0 Å². The van der Waals surface area contributed by atoms with Gasteiger partial charge in [0, 0.05) is 12.2 Å². The van der Waals surface area contributed by atoms with Crippen LogP contribution in [0, 0.1) is 6.92 Å². The summed E-state index contributed by atoms with van der Waals surface area (Å²) in [7, 11) is 0. The summed E-state index contributed by atoms with van der Waals surface area (Å²) < 4.78 is 1.54. The number of amides is 1. The zero-order chi connectivity index (χ0) is 18.5. The summed E-state index contributed by atoms with van der Waals surface area (Å²) in [5.41, 5.74) is 2.33. The van der Waals surface area contributed by atoms with Gasteiger partial charge in [0.15, 0.2) is 5.16 Å². The number of nitrogens with one attached hydrogen (secondary N) is 1. The van der Waals surface area contributed by atoms with Crippen LogP contribution in [0.15, 0.2) is 71.1 Å². The minimum absolute atomic E-state index is 0.128. The molecule has 1 amide bonds. The molecule has 0 fully saturated rings. The molecule has 1 heterocycles. The average Bonchev–Trinajstić information content (AvgIpc) is 2.63. The van der Waals surface area contributed by atoms with E-state index in [0.29, 0.717) is 22.6 Å². The molecule has 0 atom stereocenters. The molecule has 26 heavy (non-hydrogen) atoms. The molecular formula is C20H19N3O2S. The Morgan fingerprint density at radius 3 is 2.85 bits per heavy atom. The van der Waals surface area contributed by atoms with Gasteiger partial charge in [-0.1, -0.05) is 42.1 Å². The van der Waals surface area contributed by atoms with Crippen molar-refractivity contribution in [3.8, 4) is 0 Å². The summed E-state index contributed by atoms with van der Waals surface area (Å²) in [6.45, 7) is 6.02. The van der Waals surface area contributed by atoms with Crippen LogP contribution in [0.4, 0.5) is 5.69 Å². The third-order valence-electron chi connectivity index (χ3n) is 3.77. The fraction of sp³-hybridized carbons (Fsp3) is 0.150. The van der Waals surface area contributed by atoms with Gasteiger partial charge in [0.2, 0.25) is 5.91 Å². The molecule has 0 bridgehead atoms. The monoisotopic (exact) mass is 365 g/mol. The van der Waals surface area contributed by atoms with Crippen molar-refractivity contribution in [2.24, 2.45) is 0 Å². The lowest BCUT2D eigenvalue weighted by molar-refractivity contribution is -0.113. The molecule has 0 aliphatic carbocycles. The van der Waals surface area contributed by atoms with Crippen molar-refractivity contribution >= 4 is 34.3 Å². The van der Waals surface area contributed by atoms with E-state index in [0.717, 1.165) is 11.3 Å². The highest BCUT2D eigenvalue weighted by Gasteiger charge is 2.12. The van der Waals surface area contributed by atoms with Crippen molar-refractivity contribution < 1.29 is 4.79 Å². The number of carbonyl (C=O) groups is 1. The molecule has 6 heteroatoms. The van der Waals surface area contributed by atoms with Crippen LogP contribution < -0.4 is 10.9 Å². The molecular weight excluding hydrogens is 346 g/mol. The second kappa shape index (κ2) is 8.01. The van der Waals surface area contributed by atoms with Crippen molar-refractivity contribution in [1.82, 2.24) is 9.55 Å². The Kier molecular flexibility index (Phi) is 5.53. The Morgan fingerprint density at radius 1 is 1.27 bits per heavy atom. The predicted molar refractivity (Wildman–Crippen MR) is 107 cm³/mol. The van der Waals surface area contributed by atoms with Gasteiger partial charge in [-0.2, -0.15) is 0 Å². The van der Waals surface area contributed by atoms with E-state index in [9.17, 15) is 9.59 Å². The number of aromatic nitrogens is 2. The van der Waals surface area contributed by atoms with Crippen LogP contribution in [0.5, 0.6) is 0 Å². The molecule has 1 N–H and O–H groups in total. The molecule has 3 aromatic rings. The molecule has 0 aliphatic rings. The molecule has 132 valence electrons. The van der Waals surface area contributed by atoms with Crippen molar-refractivity contribution in [2.45, 2.75) is 18.6 Å². The Hall–Kier alpha value is -2.86. The first kappa shape index (κ1) is 17.9. The van der Waals surface area contributed by atoms with Gasteiger partial charge < -0.3 is 5.32 Å². The van der Waals surface area contributed by atoms with Gasteiger partial charge in [-0.15, -0.1) is 6.58 Å². The number of fused-ring (bicyclic) bond motifs is 1. The van der Waals surface area contributed by atoms with E-state index >= 15 is 0 Å². The van der Waals surface area contributed by atoms with Crippen LogP contribution in [0.1, 0.15) is 5.56 Å². The normalized spacial score (nSPS) is 10.7. The van der Waals surface area contributed by atoms with Gasteiger partial charge in [0.1, 0.15) is 0 Å². The number of nitrogens with zero attached hydrogens (tertiary/aromatic N) is 2. The smallest absolute Gasteiger partial charge is 0.262 e. The summed E-state index contributed by atoms with van der Waals surface area (Å²) in [6.07, 6.45) is 1.65. The van der Waals surface area contributed by atoms with E-state index < -0.39 is 0 Å². The third kappa shape index (κ3) is 4.03. The van der Waals surface area contributed by atoms with E-state index in [1.54, 1.807) is 22.8 Å². The topological polar surface area (TPSA) is 64.0 Å². The summed E-state index contributed by atoms with van der Waals surface area (Å²) in [5, 5.41) is 3.93. The van der Waals surface area contributed by atoms with Crippen LogP contribution in [0.3, 0.4) is 0 Å². The van der Waals surface area contributed by atoms with Crippen LogP contribution in [-0.4, -0.2) is 21.2 Å². The number of thioether (sulfide) groups is 1. The number of hydrogen-bond donors (Lipinski definition) is 1. The molecule has 0 saturated heterocycles. The Morgan fingerprint density at radius 2 is 2.08 bits per heavy atom. The number of rotatable bonds is 6. The molecule has 1 aromatic heterocycles. The number of aryl methyl sites for hydroxylation is 1. The Bertz CT molecular complexity index is 1030. The predicted octanol–water partition coefficient (Wildman–Crippen LogP) is 3.62. The summed E-state index contributed by atoms with van der Waals surface area (Å²) in [5.74, 6) is 0.0173. The quantitative estimate of drug-likeness (QED) is 0.412. The maximum Gasteiger partial charge on any atom is 0.262 e.